The molecule has 15 heteroatoms. The fourth-order valence-electron chi connectivity index (χ4n) is 4.38. The Bertz CT molecular complexity index is 1680. The van der Waals surface area contributed by atoms with E-state index in [1.165, 1.54) is 12.1 Å². The van der Waals surface area contributed by atoms with Gasteiger partial charge in [-0.3, -0.25) is 10.1 Å². The van der Waals surface area contributed by atoms with Crippen LogP contribution in [0.5, 0.6) is 0 Å². The van der Waals surface area contributed by atoms with Crippen molar-refractivity contribution in [1.82, 2.24) is 31.2 Å². The first kappa shape index (κ1) is 39.2. The molecule has 0 unspecified atom stereocenters. The molecular weight excluding hydrogens is 649 g/mol. The number of fused-ring (bicyclic) bond motifs is 1. The fraction of sp³-hybridized carbons (Fsp3) is 0.486. The van der Waals surface area contributed by atoms with Gasteiger partial charge in [0.2, 0.25) is 5.96 Å². The van der Waals surface area contributed by atoms with Crippen molar-refractivity contribution in [2.24, 2.45) is 4.99 Å². The molecule has 4 amide bonds. The first-order valence-electron chi connectivity index (χ1n) is 16.2. The molecule has 0 aliphatic carbocycles. The van der Waals surface area contributed by atoms with Crippen LogP contribution < -0.4 is 21.3 Å². The highest BCUT2D eigenvalue weighted by atomic mass is 19.1. The second kappa shape index (κ2) is 16.5. The number of nitrogens with one attached hydrogen (secondary N) is 5. The third kappa shape index (κ3) is 14.1. The summed E-state index contributed by atoms with van der Waals surface area (Å²) in [6, 6.07) is 10.9. The molecule has 0 fully saturated rings. The van der Waals surface area contributed by atoms with Gasteiger partial charge in [0.15, 0.2) is 5.82 Å². The lowest BCUT2D eigenvalue weighted by atomic mass is 10.1. The van der Waals surface area contributed by atoms with E-state index in [0.717, 1.165) is 11.1 Å². The largest absolute Gasteiger partial charge is 0.444 e. The lowest BCUT2D eigenvalue weighted by molar-refractivity contribution is 0.0494. The average molecular weight is 698 g/mol. The summed E-state index contributed by atoms with van der Waals surface area (Å²) in [7, 11) is 0. The summed E-state index contributed by atoms with van der Waals surface area (Å²) in [4.78, 5) is 61.8. The van der Waals surface area contributed by atoms with E-state index < -0.39 is 47.0 Å². The molecule has 3 rings (SSSR count). The normalized spacial score (nSPS) is 12.9. The number of alkyl carbamates (subject to hydrolysis) is 2. The van der Waals surface area contributed by atoms with Gasteiger partial charge < -0.3 is 35.1 Å². The number of amides is 4. The lowest BCUT2D eigenvalue weighted by Crippen LogP contribution is -2.47. The number of H-pyrrole nitrogens is 1. The van der Waals surface area contributed by atoms with E-state index in [2.05, 4.69) is 36.2 Å². The Morgan fingerprint density at radius 1 is 0.820 bits per heavy atom. The van der Waals surface area contributed by atoms with E-state index in [4.69, 9.17) is 14.2 Å². The van der Waals surface area contributed by atoms with Crippen molar-refractivity contribution in [1.29, 1.82) is 0 Å². The highest BCUT2D eigenvalue weighted by molar-refractivity contribution is 5.99. The number of nitrogens with zero attached hydrogens (tertiary/aromatic N) is 2. The van der Waals surface area contributed by atoms with Gasteiger partial charge >= 0.3 is 18.3 Å². The van der Waals surface area contributed by atoms with Crippen LogP contribution in [0.1, 0.15) is 85.8 Å². The van der Waals surface area contributed by atoms with Crippen LogP contribution in [-0.4, -0.2) is 76.0 Å². The third-order valence-electron chi connectivity index (χ3n) is 6.34. The van der Waals surface area contributed by atoms with Crippen LogP contribution in [0.4, 0.5) is 18.8 Å². The van der Waals surface area contributed by atoms with Gasteiger partial charge in [-0.05, 0) is 111 Å². The SMILES string of the molecule is CC(C)(C)OC(=O)/N=C(\NCCC[C@@H](CNC(=O)c1nc2cc(-c3ccc(F)cc3)ccc2[nH]1)NC(=O)OC(C)(C)C)NC(=O)OC(C)(C)C. The molecule has 0 saturated carbocycles. The number of ether oxygens (including phenoxy) is 3. The Labute approximate surface area is 291 Å². The summed E-state index contributed by atoms with van der Waals surface area (Å²) in [6.45, 7) is 15.6. The monoisotopic (exact) mass is 697 g/mol. The zero-order valence-electron chi connectivity index (χ0n) is 30.1. The number of carbonyl (C=O) groups is 4. The molecule has 0 aliphatic heterocycles. The Kier molecular flexibility index (Phi) is 12.9. The summed E-state index contributed by atoms with van der Waals surface area (Å²) in [5.74, 6) is -0.931. The highest BCUT2D eigenvalue weighted by Crippen LogP contribution is 2.24. The van der Waals surface area contributed by atoms with Gasteiger partial charge in [0.05, 0.1) is 11.0 Å². The number of hydrogen-bond acceptors (Lipinski definition) is 8. The van der Waals surface area contributed by atoms with Gasteiger partial charge in [0.1, 0.15) is 22.6 Å². The molecule has 272 valence electrons. The molecule has 2 aromatic carbocycles. The van der Waals surface area contributed by atoms with Crippen molar-refractivity contribution in [3.8, 4) is 11.1 Å². The molecule has 3 aromatic rings. The molecule has 5 N–H and O–H groups in total. The number of aliphatic imine (C=N–C) groups is 1. The lowest BCUT2D eigenvalue weighted by Gasteiger charge is -2.24. The number of halogens is 1. The second-order valence-corrected chi connectivity index (χ2v) is 14.5. The zero-order chi connectivity index (χ0) is 37.3. The number of aromatic amines is 1. The van der Waals surface area contributed by atoms with E-state index in [-0.39, 0.29) is 30.7 Å². The molecule has 1 atom stereocenters. The van der Waals surface area contributed by atoms with Crippen molar-refractivity contribution in [3.05, 3.63) is 54.1 Å². The van der Waals surface area contributed by atoms with E-state index in [1.807, 2.05) is 6.07 Å². The topological polar surface area (TPSA) is 185 Å². The first-order chi connectivity index (χ1) is 23.2. The minimum absolute atomic E-state index is 0.0327. The zero-order valence-corrected chi connectivity index (χ0v) is 30.1. The molecule has 50 heavy (non-hydrogen) atoms. The van der Waals surface area contributed by atoms with Crippen LogP contribution in [0.25, 0.3) is 22.2 Å². The van der Waals surface area contributed by atoms with Crippen LogP contribution in [0, 0.1) is 5.82 Å². The quantitative estimate of drug-likeness (QED) is 0.0754. The van der Waals surface area contributed by atoms with Crippen molar-refractivity contribution in [2.75, 3.05) is 13.1 Å². The van der Waals surface area contributed by atoms with Crippen LogP contribution in [-0.2, 0) is 14.2 Å². The molecule has 0 spiro atoms. The van der Waals surface area contributed by atoms with Crippen molar-refractivity contribution in [3.63, 3.8) is 0 Å². The first-order valence-corrected chi connectivity index (χ1v) is 16.2. The maximum atomic E-state index is 13.4. The van der Waals surface area contributed by atoms with Gasteiger partial charge in [-0.25, -0.2) is 23.8 Å². The second-order valence-electron chi connectivity index (χ2n) is 14.5. The molecule has 14 nitrogen and oxygen atoms in total. The number of carbonyl (C=O) groups excluding carboxylic acids is 4. The molecular formula is C35H48FN7O7. The van der Waals surface area contributed by atoms with Gasteiger partial charge in [0, 0.05) is 19.1 Å². The number of guanidine groups is 1. The van der Waals surface area contributed by atoms with E-state index in [1.54, 1.807) is 86.6 Å². The average Bonchev–Trinajstić information content (AvgIpc) is 3.39. The summed E-state index contributed by atoms with van der Waals surface area (Å²) in [5, 5.41) is 10.9. The van der Waals surface area contributed by atoms with Crippen molar-refractivity contribution >= 4 is 41.2 Å². The summed E-state index contributed by atoms with van der Waals surface area (Å²) in [6.07, 6.45) is -1.66. The standard InChI is InChI=1S/C35H48FN7O7/c1-33(2,3)48-30(45)39-24(11-10-18-37-29(42-31(46)49-34(4,5)6)43-32(47)50-35(7,8)9)20-38-28(44)27-40-25-17-14-22(19-26(25)41-27)21-12-15-23(36)16-13-21/h12-17,19,24H,10-11,18,20H2,1-9H3,(H,38,44)(H,39,45)(H,40,41)(H2,37,42,43,46,47)/t24-/m0/s1. The van der Waals surface area contributed by atoms with Crippen molar-refractivity contribution < 1.29 is 37.8 Å². The molecule has 0 aliphatic rings. The smallest absolute Gasteiger partial charge is 0.437 e. The van der Waals surface area contributed by atoms with Gasteiger partial charge in [-0.2, -0.15) is 0 Å². The van der Waals surface area contributed by atoms with Crippen LogP contribution in [0.15, 0.2) is 47.5 Å². The Morgan fingerprint density at radius 2 is 1.42 bits per heavy atom. The number of rotatable bonds is 9. The summed E-state index contributed by atoms with van der Waals surface area (Å²) < 4.78 is 29.3. The van der Waals surface area contributed by atoms with Crippen LogP contribution >= 0.6 is 0 Å². The van der Waals surface area contributed by atoms with Gasteiger partial charge in [-0.1, -0.05) is 18.2 Å². The molecule has 1 aromatic heterocycles. The molecule has 1 heterocycles. The third-order valence-corrected chi connectivity index (χ3v) is 6.34. The predicted molar refractivity (Wildman–Crippen MR) is 187 cm³/mol. The number of imidazole rings is 1. The van der Waals surface area contributed by atoms with Crippen LogP contribution in [0.3, 0.4) is 0 Å². The molecule has 0 bridgehead atoms. The van der Waals surface area contributed by atoms with Gasteiger partial charge in [-0.15, -0.1) is 4.99 Å². The van der Waals surface area contributed by atoms with E-state index >= 15 is 0 Å². The maximum Gasteiger partial charge on any atom is 0.437 e. The summed E-state index contributed by atoms with van der Waals surface area (Å²) >= 11 is 0. The fourth-order valence-corrected chi connectivity index (χ4v) is 4.38. The predicted octanol–water partition coefficient (Wildman–Crippen LogP) is 6.18. The van der Waals surface area contributed by atoms with Gasteiger partial charge in [0.25, 0.3) is 5.91 Å². The Hall–Kier alpha value is -5.21. The number of hydrogen-bond donors (Lipinski definition) is 5. The Balaban J connectivity index is 1.67. The number of aromatic nitrogens is 2. The number of benzene rings is 2. The minimum atomic E-state index is -0.916. The maximum absolute atomic E-state index is 13.4. The van der Waals surface area contributed by atoms with E-state index in [9.17, 15) is 23.6 Å². The minimum Gasteiger partial charge on any atom is -0.444 e. The Morgan fingerprint density at radius 3 is 2.04 bits per heavy atom. The van der Waals surface area contributed by atoms with Crippen LogP contribution in [0.2, 0.25) is 0 Å². The molecule has 0 radical (unpaired) electrons. The molecule has 0 saturated heterocycles. The van der Waals surface area contributed by atoms with E-state index in [0.29, 0.717) is 23.9 Å². The van der Waals surface area contributed by atoms with Crippen molar-refractivity contribution in [2.45, 2.75) is 98.0 Å². The highest BCUT2D eigenvalue weighted by Gasteiger charge is 2.23. The summed E-state index contributed by atoms with van der Waals surface area (Å²) in [5.41, 5.74) is 0.457.